The molecule has 228 valence electrons. The molecule has 8 heteroatoms. The molecule has 1 N–H and O–H groups in total. The van der Waals surface area contributed by atoms with Crippen LogP contribution in [0.5, 0.6) is 0 Å². The summed E-state index contributed by atoms with van der Waals surface area (Å²) in [5.74, 6) is 0.0923. The summed E-state index contributed by atoms with van der Waals surface area (Å²) in [7, 11) is 3.26. The third-order valence-electron chi connectivity index (χ3n) is 10.8. The van der Waals surface area contributed by atoms with Gasteiger partial charge in [0, 0.05) is 48.2 Å². The quantitative estimate of drug-likeness (QED) is 0.428. The van der Waals surface area contributed by atoms with E-state index < -0.39 is 34.9 Å². The fourth-order valence-corrected chi connectivity index (χ4v) is 9.80. The molecule has 1 amide bonds. The first-order valence-corrected chi connectivity index (χ1v) is 16.1. The van der Waals surface area contributed by atoms with Gasteiger partial charge >= 0.3 is 0 Å². The Labute approximate surface area is 254 Å². The van der Waals surface area contributed by atoms with Crippen LogP contribution in [0.4, 0.5) is 4.79 Å². The summed E-state index contributed by atoms with van der Waals surface area (Å²) >= 11 is 0.682. The number of rotatable bonds is 2. The first-order valence-electron chi connectivity index (χ1n) is 15.3. The van der Waals surface area contributed by atoms with Gasteiger partial charge in [0.15, 0.2) is 17.7 Å². The Hall–Kier alpha value is -2.26. The lowest BCUT2D eigenvalue weighted by Gasteiger charge is -2.59. The number of ether oxygens (including phenoxy) is 2. The number of hydrogen-bond donors (Lipinski definition) is 1. The minimum atomic E-state index is -1.38. The molecule has 1 aromatic rings. The van der Waals surface area contributed by atoms with Crippen LogP contribution >= 0.6 is 11.8 Å². The zero-order chi connectivity index (χ0) is 30.8. The molecule has 42 heavy (non-hydrogen) atoms. The number of benzene rings is 1. The van der Waals surface area contributed by atoms with Crippen LogP contribution < -0.4 is 0 Å². The predicted octanol–water partition coefficient (Wildman–Crippen LogP) is 6.31. The number of carbonyl (C=O) groups excluding carboxylic acids is 3. The third-order valence-corrected chi connectivity index (χ3v) is 11.8. The highest BCUT2D eigenvalue weighted by atomic mass is 32.2. The van der Waals surface area contributed by atoms with Gasteiger partial charge in [-0.25, -0.2) is 0 Å². The number of aliphatic hydroxyl groups excluding tert-OH is 1. The number of ketones is 1. The lowest BCUT2D eigenvalue weighted by Crippen LogP contribution is -2.62. The molecular formula is C34H45NO6S. The zero-order valence-corrected chi connectivity index (χ0v) is 26.9. The van der Waals surface area contributed by atoms with E-state index in [9.17, 15) is 19.5 Å². The van der Waals surface area contributed by atoms with Gasteiger partial charge in [-0.2, -0.15) is 0 Å². The summed E-state index contributed by atoms with van der Waals surface area (Å²) in [6.45, 7) is 12.2. The van der Waals surface area contributed by atoms with Crippen molar-refractivity contribution in [1.29, 1.82) is 0 Å². The molecule has 9 atom stereocenters. The molecule has 1 heterocycles. The third kappa shape index (κ3) is 4.47. The van der Waals surface area contributed by atoms with E-state index >= 15 is 0 Å². The van der Waals surface area contributed by atoms with Crippen LogP contribution in [0, 0.1) is 42.4 Å². The Morgan fingerprint density at radius 2 is 1.86 bits per heavy atom. The molecule has 0 radical (unpaired) electrons. The van der Waals surface area contributed by atoms with Gasteiger partial charge in [0.05, 0.1) is 12.2 Å². The van der Waals surface area contributed by atoms with Crippen LogP contribution in [0.15, 0.2) is 42.0 Å². The van der Waals surface area contributed by atoms with E-state index in [0.29, 0.717) is 24.6 Å². The second kappa shape index (κ2) is 11.0. The Morgan fingerprint density at radius 1 is 1.14 bits per heavy atom. The summed E-state index contributed by atoms with van der Waals surface area (Å²) in [5, 5.41) is 11.2. The van der Waals surface area contributed by atoms with E-state index in [-0.39, 0.29) is 33.9 Å². The summed E-state index contributed by atoms with van der Waals surface area (Å²) < 4.78 is 13.5. The Kier molecular flexibility index (Phi) is 8.18. The predicted molar refractivity (Wildman–Crippen MR) is 164 cm³/mol. The van der Waals surface area contributed by atoms with Gasteiger partial charge in [-0.15, -0.1) is 0 Å². The Morgan fingerprint density at radius 3 is 2.52 bits per heavy atom. The van der Waals surface area contributed by atoms with Crippen molar-refractivity contribution in [1.82, 2.24) is 4.90 Å². The van der Waals surface area contributed by atoms with Crippen LogP contribution in [0.1, 0.15) is 76.4 Å². The van der Waals surface area contributed by atoms with Crippen molar-refractivity contribution in [3.8, 4) is 0 Å². The minimum absolute atomic E-state index is 0.00263. The first kappa shape index (κ1) is 31.2. The number of amides is 1. The van der Waals surface area contributed by atoms with Crippen molar-refractivity contribution in [2.45, 2.75) is 91.3 Å². The minimum Gasteiger partial charge on any atom is -0.393 e. The topological polar surface area (TPSA) is 93.1 Å². The van der Waals surface area contributed by atoms with Crippen molar-refractivity contribution in [2.24, 2.45) is 28.6 Å². The number of fused-ring (bicyclic) bond motifs is 7. The number of aryl methyl sites for hydroxylation is 2. The molecule has 6 rings (SSSR count). The van der Waals surface area contributed by atoms with Crippen molar-refractivity contribution in [3.05, 3.63) is 58.7 Å². The zero-order valence-electron chi connectivity index (χ0n) is 26.1. The molecule has 1 saturated heterocycles. The first-order chi connectivity index (χ1) is 19.8. The monoisotopic (exact) mass is 595 g/mol. The number of nitrogens with zero attached hydrogens (tertiary/aromatic N) is 1. The fourth-order valence-electron chi connectivity index (χ4n) is 8.89. The normalized spacial score (nSPS) is 39.6. The van der Waals surface area contributed by atoms with E-state index in [2.05, 4.69) is 19.9 Å². The molecular weight excluding hydrogens is 550 g/mol. The molecule has 1 aliphatic heterocycles. The van der Waals surface area contributed by atoms with Crippen LogP contribution in [0.25, 0.3) is 0 Å². The second-order valence-electron chi connectivity index (χ2n) is 13.2. The lowest BCUT2D eigenvalue weighted by atomic mass is 9.46. The van der Waals surface area contributed by atoms with Crippen molar-refractivity contribution in [2.75, 3.05) is 14.1 Å². The van der Waals surface area contributed by atoms with Crippen molar-refractivity contribution in [3.63, 3.8) is 0 Å². The standard InChI is InChI=1S/C32H39NO6S.C2H6/c1-17-7-9-21(18(2)13-17)27-38-25-15-23-22-10-8-19-14-20(34)11-12-30(19,3)26(22)24(35)16-31(23,4)32(25,39-27)28(36)40-29(37)33(5)6;1-2/h7,9,11-14,22-27,35H,8,10,15-16H2,1-6H3;1-2H3/t22-,23-,24-,25+,26+,27?,30-,31-,32-;/m0./s1. The highest BCUT2D eigenvalue weighted by Crippen LogP contribution is 2.71. The van der Waals surface area contributed by atoms with E-state index in [4.69, 9.17) is 9.47 Å². The van der Waals surface area contributed by atoms with Gasteiger partial charge in [0.2, 0.25) is 5.12 Å². The molecule has 0 aromatic heterocycles. The Balaban J connectivity index is 0.00000173. The van der Waals surface area contributed by atoms with E-state index in [1.807, 2.05) is 45.9 Å². The summed E-state index contributed by atoms with van der Waals surface area (Å²) in [5.41, 5.74) is 1.58. The van der Waals surface area contributed by atoms with Crippen molar-refractivity contribution >= 4 is 27.9 Å². The Bertz CT molecular complexity index is 1350. The molecule has 4 fully saturated rings. The molecule has 4 aliphatic carbocycles. The molecule has 0 spiro atoms. The maximum absolute atomic E-state index is 14.3. The van der Waals surface area contributed by atoms with Gasteiger partial charge in [-0.3, -0.25) is 14.4 Å². The van der Waals surface area contributed by atoms with E-state index in [1.165, 1.54) is 4.90 Å². The molecule has 3 saturated carbocycles. The molecule has 0 bridgehead atoms. The number of allylic oxidation sites excluding steroid dienone is 4. The maximum Gasteiger partial charge on any atom is 0.288 e. The number of carbonyl (C=O) groups is 3. The average Bonchev–Trinajstić information content (AvgIpc) is 3.43. The molecule has 1 unspecified atom stereocenters. The SMILES string of the molecule is CC.Cc1ccc(C2O[C@@H]3C[C@H]4[C@@H]5CCC6=CC(=O)C=C[C@]6(C)[C@H]5[C@@H](O)C[C@]4(C)[C@]3(C(=O)SC(=O)N(C)C)O2)c(C)c1. The fraction of sp³-hybridized carbons (Fsp3) is 0.618. The van der Waals surface area contributed by atoms with E-state index in [1.54, 1.807) is 26.2 Å². The van der Waals surface area contributed by atoms with Crippen molar-refractivity contribution < 1.29 is 29.0 Å². The lowest BCUT2D eigenvalue weighted by molar-refractivity contribution is -0.194. The summed E-state index contributed by atoms with van der Waals surface area (Å²) in [4.78, 5) is 40.7. The molecule has 7 nitrogen and oxygen atoms in total. The molecule has 5 aliphatic rings. The van der Waals surface area contributed by atoms with Crippen LogP contribution in [-0.4, -0.2) is 58.0 Å². The highest BCUT2D eigenvalue weighted by molar-refractivity contribution is 8.26. The highest BCUT2D eigenvalue weighted by Gasteiger charge is 2.76. The van der Waals surface area contributed by atoms with Crippen LogP contribution in [0.2, 0.25) is 0 Å². The largest absolute Gasteiger partial charge is 0.393 e. The smallest absolute Gasteiger partial charge is 0.288 e. The average molecular weight is 596 g/mol. The molecule has 1 aromatic carbocycles. The second-order valence-corrected chi connectivity index (χ2v) is 14.1. The number of thioether (sulfide) groups is 1. The van der Waals surface area contributed by atoms with Crippen LogP contribution in [-0.2, 0) is 19.1 Å². The van der Waals surface area contributed by atoms with Crippen LogP contribution in [0.3, 0.4) is 0 Å². The van der Waals surface area contributed by atoms with Gasteiger partial charge < -0.3 is 19.5 Å². The summed E-state index contributed by atoms with van der Waals surface area (Å²) in [6.07, 6.45) is 5.95. The maximum atomic E-state index is 14.3. The van der Waals surface area contributed by atoms with Gasteiger partial charge in [0.1, 0.15) is 0 Å². The van der Waals surface area contributed by atoms with Gasteiger partial charge in [-0.1, -0.05) is 63.1 Å². The summed E-state index contributed by atoms with van der Waals surface area (Å²) in [6, 6.07) is 6.08. The van der Waals surface area contributed by atoms with Gasteiger partial charge in [-0.05, 0) is 69.1 Å². The number of aliphatic hydroxyl groups is 1. The van der Waals surface area contributed by atoms with E-state index in [0.717, 1.165) is 35.1 Å². The number of hydrogen-bond acceptors (Lipinski definition) is 7. The van der Waals surface area contributed by atoms with Gasteiger partial charge in [0.25, 0.3) is 5.24 Å².